The molecule has 0 spiro atoms. The lowest BCUT2D eigenvalue weighted by Crippen LogP contribution is -2.22. The third-order valence-corrected chi connectivity index (χ3v) is 4.02. The van der Waals surface area contributed by atoms with Crippen LogP contribution in [0.1, 0.15) is 10.4 Å². The smallest absolute Gasteiger partial charge is 0.337 e. The van der Waals surface area contributed by atoms with Crippen LogP contribution in [0.4, 0.5) is 11.4 Å². The van der Waals surface area contributed by atoms with Gasteiger partial charge in [-0.3, -0.25) is 13.5 Å². The summed E-state index contributed by atoms with van der Waals surface area (Å²) in [6, 6.07) is 14.6. The van der Waals surface area contributed by atoms with E-state index in [4.69, 9.17) is 0 Å². The van der Waals surface area contributed by atoms with Gasteiger partial charge in [-0.1, -0.05) is 30.3 Å². The number of carboxylic acid groups (broad SMARTS) is 1. The van der Waals surface area contributed by atoms with Crippen molar-refractivity contribution in [3.05, 3.63) is 66.4 Å². The molecule has 116 valence electrons. The summed E-state index contributed by atoms with van der Waals surface area (Å²) in [5.41, 5.74) is 0.723. The van der Waals surface area contributed by atoms with E-state index in [2.05, 4.69) is 4.98 Å². The van der Waals surface area contributed by atoms with Gasteiger partial charge in [-0.05, 0) is 24.3 Å². The van der Waals surface area contributed by atoms with Gasteiger partial charge < -0.3 is 9.66 Å². The van der Waals surface area contributed by atoms with Crippen molar-refractivity contribution in [1.82, 2.24) is 4.98 Å². The average molecular weight is 327 g/mol. The largest absolute Gasteiger partial charge is 0.755 e. The molecule has 6 nitrogen and oxygen atoms in total. The van der Waals surface area contributed by atoms with Crippen LogP contribution in [0.2, 0.25) is 0 Å². The summed E-state index contributed by atoms with van der Waals surface area (Å²) in [5, 5.41) is 10.1. The van der Waals surface area contributed by atoms with Crippen LogP contribution in [0.15, 0.2) is 60.8 Å². The highest BCUT2D eigenvalue weighted by Crippen LogP contribution is 2.34. The first-order valence-corrected chi connectivity index (χ1v) is 7.68. The Hall–Kier alpha value is -2.77. The van der Waals surface area contributed by atoms with Crippen molar-refractivity contribution in [1.29, 1.82) is 0 Å². The van der Waals surface area contributed by atoms with Gasteiger partial charge in [-0.25, -0.2) is 4.79 Å². The molecule has 0 radical (unpaired) electrons. The van der Waals surface area contributed by atoms with Crippen molar-refractivity contribution in [3.63, 3.8) is 0 Å². The molecule has 0 aliphatic rings. The average Bonchev–Trinajstić information content (AvgIpc) is 2.55. The maximum absolute atomic E-state index is 11.8. The molecule has 3 aromatic rings. The summed E-state index contributed by atoms with van der Waals surface area (Å²) in [6.45, 7) is 0. The van der Waals surface area contributed by atoms with Gasteiger partial charge in [0.25, 0.3) is 0 Å². The van der Waals surface area contributed by atoms with Crippen LogP contribution in [0, 0.1) is 0 Å². The maximum atomic E-state index is 11.8. The van der Waals surface area contributed by atoms with Crippen molar-refractivity contribution in [2.45, 2.75) is 0 Å². The Bertz CT molecular complexity index is 908. The van der Waals surface area contributed by atoms with E-state index in [0.29, 0.717) is 11.2 Å². The van der Waals surface area contributed by atoms with Crippen LogP contribution in [-0.4, -0.2) is 24.8 Å². The fourth-order valence-corrected chi connectivity index (χ4v) is 3.00. The first-order valence-electron chi connectivity index (χ1n) is 6.65. The number of aromatic carboxylic acids is 1. The summed E-state index contributed by atoms with van der Waals surface area (Å²) >= 11 is -2.71. The van der Waals surface area contributed by atoms with Gasteiger partial charge in [0, 0.05) is 11.6 Å². The number of hydrogen-bond acceptors (Lipinski definition) is 4. The molecule has 0 amide bonds. The summed E-state index contributed by atoms with van der Waals surface area (Å²) < 4.78 is 24.6. The molecule has 0 fully saturated rings. The highest BCUT2D eigenvalue weighted by atomic mass is 32.2. The van der Waals surface area contributed by atoms with E-state index in [0.717, 1.165) is 9.69 Å². The lowest BCUT2D eigenvalue weighted by atomic mass is 10.1. The molecule has 3 rings (SSSR count). The predicted molar refractivity (Wildman–Crippen MR) is 86.2 cm³/mol. The monoisotopic (exact) mass is 327 g/mol. The molecule has 23 heavy (non-hydrogen) atoms. The number of fused-ring (bicyclic) bond motifs is 1. The van der Waals surface area contributed by atoms with E-state index >= 15 is 0 Å². The van der Waals surface area contributed by atoms with Crippen LogP contribution in [0.5, 0.6) is 0 Å². The van der Waals surface area contributed by atoms with Gasteiger partial charge >= 0.3 is 5.97 Å². The first kappa shape index (κ1) is 15.1. The van der Waals surface area contributed by atoms with Gasteiger partial charge in [0.15, 0.2) is 0 Å². The zero-order valence-electron chi connectivity index (χ0n) is 11.7. The third kappa shape index (κ3) is 2.79. The van der Waals surface area contributed by atoms with Crippen LogP contribution in [0.3, 0.4) is 0 Å². The molecule has 1 unspecified atom stereocenters. The van der Waals surface area contributed by atoms with E-state index in [-0.39, 0.29) is 11.3 Å². The minimum atomic E-state index is -2.71. The molecule has 2 aromatic carbocycles. The number of rotatable bonds is 4. The molecule has 0 aliphatic carbocycles. The van der Waals surface area contributed by atoms with Crippen molar-refractivity contribution in [2.75, 3.05) is 4.31 Å². The molecule has 7 heteroatoms. The summed E-state index contributed by atoms with van der Waals surface area (Å²) in [6.07, 6.45) is 1.56. The Labute approximate surface area is 134 Å². The van der Waals surface area contributed by atoms with E-state index in [9.17, 15) is 18.7 Å². The summed E-state index contributed by atoms with van der Waals surface area (Å²) in [4.78, 5) is 15.6. The lowest BCUT2D eigenvalue weighted by Gasteiger charge is -2.28. The Morgan fingerprint density at radius 1 is 1.04 bits per heavy atom. The van der Waals surface area contributed by atoms with E-state index in [1.807, 2.05) is 0 Å². The molecule has 1 heterocycles. The maximum Gasteiger partial charge on any atom is 0.337 e. The summed E-state index contributed by atoms with van der Waals surface area (Å²) in [5.74, 6) is -1.20. The predicted octanol–water partition coefficient (Wildman–Crippen LogP) is 2.87. The fourth-order valence-electron chi connectivity index (χ4n) is 2.37. The molecule has 0 saturated carbocycles. The fraction of sp³-hybridized carbons (Fsp3) is 0. The topological polar surface area (TPSA) is 93.6 Å². The number of nitrogens with zero attached hydrogens (tertiary/aromatic N) is 2. The second kappa shape index (κ2) is 6.15. The second-order valence-corrected chi connectivity index (χ2v) is 5.49. The Morgan fingerprint density at radius 2 is 1.74 bits per heavy atom. The standard InChI is InChI=1S/C16H12N2O4S/c19-16(20)12-7-1-2-8-13(12)18(23(21)22)14-9-3-5-11-6-4-10-17-15(11)14/h1-10H,(H,19,20)(H,21,22)/p-1. The van der Waals surface area contributed by atoms with Crippen molar-refractivity contribution in [2.24, 2.45) is 0 Å². The number of hydrogen-bond donors (Lipinski definition) is 1. The number of aromatic nitrogens is 1. The number of benzene rings is 2. The van der Waals surface area contributed by atoms with E-state index < -0.39 is 17.2 Å². The van der Waals surface area contributed by atoms with Crippen molar-refractivity contribution < 1.29 is 18.7 Å². The van der Waals surface area contributed by atoms with Gasteiger partial charge in [-0.2, -0.15) is 0 Å². The van der Waals surface area contributed by atoms with Crippen LogP contribution in [-0.2, 0) is 11.3 Å². The van der Waals surface area contributed by atoms with Gasteiger partial charge in [0.05, 0.1) is 33.7 Å². The first-order chi connectivity index (χ1) is 11.1. The minimum absolute atomic E-state index is 0.0616. The Morgan fingerprint density at radius 3 is 2.48 bits per heavy atom. The van der Waals surface area contributed by atoms with Crippen LogP contribution in [0.25, 0.3) is 10.9 Å². The van der Waals surface area contributed by atoms with E-state index in [1.54, 1.807) is 48.7 Å². The minimum Gasteiger partial charge on any atom is -0.755 e. The van der Waals surface area contributed by atoms with Gasteiger partial charge in [0.1, 0.15) is 0 Å². The number of para-hydroxylation sites is 2. The SMILES string of the molecule is O=C(O)c1ccccc1N(c1cccc2cccnc12)S(=O)[O-]. The third-order valence-electron chi connectivity index (χ3n) is 3.33. The number of carboxylic acids is 1. The Kier molecular flexibility index (Phi) is 4.05. The van der Waals surface area contributed by atoms with E-state index in [1.165, 1.54) is 12.1 Å². The normalized spacial score (nSPS) is 12.0. The second-order valence-electron chi connectivity index (χ2n) is 4.69. The molecule has 1 N–H and O–H groups in total. The Balaban J connectivity index is 2.28. The highest BCUT2D eigenvalue weighted by molar-refractivity contribution is 7.81. The molecular weight excluding hydrogens is 316 g/mol. The molecule has 1 aromatic heterocycles. The molecule has 1 atom stereocenters. The van der Waals surface area contributed by atoms with Crippen molar-refractivity contribution in [3.8, 4) is 0 Å². The number of pyridine rings is 1. The molecule has 0 bridgehead atoms. The zero-order chi connectivity index (χ0) is 16.4. The van der Waals surface area contributed by atoms with Gasteiger partial charge in [0.2, 0.25) is 0 Å². The van der Waals surface area contributed by atoms with Crippen molar-refractivity contribution >= 4 is 39.5 Å². The van der Waals surface area contributed by atoms with Gasteiger partial charge in [-0.15, -0.1) is 0 Å². The highest BCUT2D eigenvalue weighted by Gasteiger charge is 2.20. The quantitative estimate of drug-likeness (QED) is 0.744. The molecule has 0 saturated heterocycles. The number of anilines is 2. The molecular formula is C16H11N2O4S-. The van der Waals surface area contributed by atoms with Crippen LogP contribution >= 0.6 is 0 Å². The number of carbonyl (C=O) groups is 1. The van der Waals surface area contributed by atoms with Crippen LogP contribution < -0.4 is 4.31 Å². The zero-order valence-corrected chi connectivity index (χ0v) is 12.6. The molecule has 0 aliphatic heterocycles. The summed E-state index contributed by atoms with van der Waals surface area (Å²) in [7, 11) is 0. The lowest BCUT2D eigenvalue weighted by molar-refractivity contribution is 0.0698.